The maximum absolute atomic E-state index is 12.3. The third kappa shape index (κ3) is 3.37. The number of amides is 1. The van der Waals surface area contributed by atoms with Gasteiger partial charge in [0.1, 0.15) is 9.88 Å². The van der Waals surface area contributed by atoms with Gasteiger partial charge in [0.05, 0.1) is 11.2 Å². The van der Waals surface area contributed by atoms with Crippen molar-refractivity contribution in [1.82, 2.24) is 9.88 Å². The molecule has 112 valence electrons. The standard InChI is InChI=1S/C14H14ClN3OS.ClH/c15-11-4-2-1-3-10(11)13-17-7-12(20-13)14(19)18-6-5-9(16)8-18;/h1-4,7,9H,5-6,8,16H2;1H/t9-;/m1./s1. The van der Waals surface area contributed by atoms with E-state index in [4.69, 9.17) is 17.3 Å². The van der Waals surface area contributed by atoms with Crippen molar-refractivity contribution in [2.75, 3.05) is 13.1 Å². The van der Waals surface area contributed by atoms with Gasteiger partial charge >= 0.3 is 0 Å². The Bertz CT molecular complexity index is 647. The van der Waals surface area contributed by atoms with E-state index in [0.29, 0.717) is 16.4 Å². The lowest BCUT2D eigenvalue weighted by molar-refractivity contribution is 0.0795. The van der Waals surface area contributed by atoms with Gasteiger partial charge < -0.3 is 10.6 Å². The molecule has 0 saturated carbocycles. The monoisotopic (exact) mass is 343 g/mol. The van der Waals surface area contributed by atoms with Gasteiger partial charge in [0.15, 0.2) is 0 Å². The summed E-state index contributed by atoms with van der Waals surface area (Å²) in [6, 6.07) is 7.59. The van der Waals surface area contributed by atoms with Crippen molar-refractivity contribution >= 4 is 41.3 Å². The fraction of sp³-hybridized carbons (Fsp3) is 0.286. The van der Waals surface area contributed by atoms with Crippen LogP contribution in [0.5, 0.6) is 0 Å². The van der Waals surface area contributed by atoms with E-state index in [1.165, 1.54) is 11.3 Å². The Kier molecular flexibility index (Phi) is 5.22. The van der Waals surface area contributed by atoms with Gasteiger partial charge in [-0.05, 0) is 12.5 Å². The van der Waals surface area contributed by atoms with Gasteiger partial charge in [-0.1, -0.05) is 29.8 Å². The van der Waals surface area contributed by atoms with Gasteiger partial charge in [-0.15, -0.1) is 23.7 Å². The van der Waals surface area contributed by atoms with Gasteiger partial charge in [0, 0.05) is 24.7 Å². The summed E-state index contributed by atoms with van der Waals surface area (Å²) in [6.07, 6.45) is 2.48. The normalized spacial score (nSPS) is 17.6. The Labute approximate surface area is 138 Å². The highest BCUT2D eigenvalue weighted by Crippen LogP contribution is 2.31. The summed E-state index contributed by atoms with van der Waals surface area (Å²) in [5.74, 6) is 0.00811. The van der Waals surface area contributed by atoms with Crippen LogP contribution in [-0.4, -0.2) is 34.9 Å². The molecule has 1 saturated heterocycles. The van der Waals surface area contributed by atoms with Crippen LogP contribution >= 0.6 is 35.3 Å². The number of benzene rings is 1. The molecule has 2 aromatic rings. The number of carbonyl (C=O) groups excluding carboxylic acids is 1. The second-order valence-corrected chi connectivity index (χ2v) is 6.25. The summed E-state index contributed by atoms with van der Waals surface area (Å²) in [5, 5.41) is 1.41. The lowest BCUT2D eigenvalue weighted by Crippen LogP contribution is -2.31. The summed E-state index contributed by atoms with van der Waals surface area (Å²) >= 11 is 7.52. The minimum absolute atomic E-state index is 0. The SMILES string of the molecule is Cl.N[C@@H]1CCN(C(=O)c2cnc(-c3ccccc3Cl)s2)C1. The van der Waals surface area contributed by atoms with Crippen molar-refractivity contribution in [2.45, 2.75) is 12.5 Å². The lowest BCUT2D eigenvalue weighted by atomic mass is 10.2. The Morgan fingerprint density at radius 3 is 2.86 bits per heavy atom. The summed E-state index contributed by atoms with van der Waals surface area (Å²) in [6.45, 7) is 1.34. The Hall–Kier alpha value is -1.14. The van der Waals surface area contributed by atoms with Crippen LogP contribution in [0, 0.1) is 0 Å². The maximum Gasteiger partial charge on any atom is 0.265 e. The Morgan fingerprint density at radius 1 is 1.43 bits per heavy atom. The first kappa shape index (κ1) is 16.2. The molecule has 21 heavy (non-hydrogen) atoms. The molecule has 0 unspecified atom stereocenters. The summed E-state index contributed by atoms with van der Waals surface area (Å²) in [5.41, 5.74) is 6.69. The summed E-state index contributed by atoms with van der Waals surface area (Å²) in [4.78, 5) is 19.1. The van der Waals surface area contributed by atoms with Crippen molar-refractivity contribution in [3.8, 4) is 10.6 Å². The number of hydrogen-bond donors (Lipinski definition) is 1. The van der Waals surface area contributed by atoms with Crippen LogP contribution in [0.3, 0.4) is 0 Å². The Morgan fingerprint density at radius 2 is 2.19 bits per heavy atom. The first-order valence-corrected chi connectivity index (χ1v) is 7.60. The molecule has 1 aliphatic rings. The molecule has 3 rings (SSSR count). The zero-order valence-electron chi connectivity index (χ0n) is 11.2. The van der Waals surface area contributed by atoms with Crippen LogP contribution in [0.15, 0.2) is 30.5 Å². The number of halogens is 2. The number of likely N-dealkylation sites (tertiary alicyclic amines) is 1. The van der Waals surface area contributed by atoms with Crippen LogP contribution in [0.2, 0.25) is 5.02 Å². The van der Waals surface area contributed by atoms with Gasteiger partial charge in [-0.3, -0.25) is 4.79 Å². The van der Waals surface area contributed by atoms with Gasteiger partial charge in [0.2, 0.25) is 0 Å². The minimum atomic E-state index is 0. The molecule has 1 aliphatic heterocycles. The van der Waals surface area contributed by atoms with E-state index in [-0.39, 0.29) is 24.4 Å². The zero-order chi connectivity index (χ0) is 14.1. The fourth-order valence-corrected chi connectivity index (χ4v) is 3.46. The average molecular weight is 344 g/mol. The highest BCUT2D eigenvalue weighted by Gasteiger charge is 2.26. The number of hydrogen-bond acceptors (Lipinski definition) is 4. The topological polar surface area (TPSA) is 59.2 Å². The molecule has 0 aliphatic carbocycles. The second-order valence-electron chi connectivity index (χ2n) is 4.81. The molecule has 0 radical (unpaired) electrons. The molecular weight excluding hydrogens is 329 g/mol. The predicted molar refractivity (Wildman–Crippen MR) is 88.3 cm³/mol. The van der Waals surface area contributed by atoms with Crippen LogP contribution < -0.4 is 5.73 Å². The van der Waals surface area contributed by atoms with Crippen molar-refractivity contribution in [1.29, 1.82) is 0 Å². The second kappa shape index (κ2) is 6.75. The van der Waals surface area contributed by atoms with Crippen LogP contribution in [0.1, 0.15) is 16.1 Å². The summed E-state index contributed by atoms with van der Waals surface area (Å²) < 4.78 is 0. The molecule has 1 aromatic heterocycles. The third-order valence-electron chi connectivity index (χ3n) is 3.33. The van der Waals surface area contributed by atoms with E-state index < -0.39 is 0 Å². The van der Waals surface area contributed by atoms with E-state index in [1.807, 2.05) is 24.3 Å². The zero-order valence-corrected chi connectivity index (χ0v) is 13.5. The third-order valence-corrected chi connectivity index (χ3v) is 4.68. The van der Waals surface area contributed by atoms with E-state index in [9.17, 15) is 4.79 Å². The smallest absolute Gasteiger partial charge is 0.265 e. The van der Waals surface area contributed by atoms with Crippen LogP contribution in [0.4, 0.5) is 0 Å². The molecule has 1 aromatic carbocycles. The maximum atomic E-state index is 12.3. The first-order valence-electron chi connectivity index (χ1n) is 6.41. The van der Waals surface area contributed by atoms with Crippen molar-refractivity contribution in [3.63, 3.8) is 0 Å². The van der Waals surface area contributed by atoms with Gasteiger partial charge in [-0.2, -0.15) is 0 Å². The number of nitrogens with two attached hydrogens (primary N) is 1. The molecule has 2 heterocycles. The van der Waals surface area contributed by atoms with Crippen molar-refractivity contribution in [3.05, 3.63) is 40.4 Å². The molecule has 7 heteroatoms. The van der Waals surface area contributed by atoms with Crippen molar-refractivity contribution < 1.29 is 4.79 Å². The van der Waals surface area contributed by atoms with Gasteiger partial charge in [0.25, 0.3) is 5.91 Å². The van der Waals surface area contributed by atoms with E-state index in [1.54, 1.807) is 11.1 Å². The number of nitrogens with zero attached hydrogens (tertiary/aromatic N) is 2. The Balaban J connectivity index is 0.00000161. The number of carbonyl (C=O) groups is 1. The number of rotatable bonds is 2. The molecular formula is C14H15Cl2N3OS. The van der Waals surface area contributed by atoms with Gasteiger partial charge in [-0.25, -0.2) is 4.98 Å². The number of thiazole rings is 1. The summed E-state index contributed by atoms with van der Waals surface area (Å²) in [7, 11) is 0. The molecule has 0 spiro atoms. The largest absolute Gasteiger partial charge is 0.336 e. The quantitative estimate of drug-likeness (QED) is 0.911. The molecule has 1 amide bonds. The highest BCUT2D eigenvalue weighted by atomic mass is 35.5. The molecule has 1 atom stereocenters. The van der Waals surface area contributed by atoms with E-state index in [0.717, 1.165) is 23.5 Å². The lowest BCUT2D eigenvalue weighted by Gasteiger charge is -2.13. The first-order chi connectivity index (χ1) is 9.65. The predicted octanol–water partition coefficient (Wildman–Crippen LogP) is 3.06. The number of aromatic nitrogens is 1. The van der Waals surface area contributed by atoms with Crippen molar-refractivity contribution in [2.24, 2.45) is 5.73 Å². The molecule has 0 bridgehead atoms. The highest BCUT2D eigenvalue weighted by molar-refractivity contribution is 7.17. The molecule has 4 nitrogen and oxygen atoms in total. The molecule has 2 N–H and O–H groups in total. The van der Waals surface area contributed by atoms with E-state index >= 15 is 0 Å². The fourth-order valence-electron chi connectivity index (χ4n) is 2.26. The van der Waals surface area contributed by atoms with E-state index in [2.05, 4.69) is 4.98 Å². The molecule has 1 fully saturated rings. The minimum Gasteiger partial charge on any atom is -0.336 e. The average Bonchev–Trinajstić information content (AvgIpc) is 3.07. The van der Waals surface area contributed by atoms with Crippen LogP contribution in [-0.2, 0) is 0 Å². The van der Waals surface area contributed by atoms with Crippen LogP contribution in [0.25, 0.3) is 10.6 Å².